The van der Waals surface area contributed by atoms with Crippen LogP contribution in [0.2, 0.25) is 0 Å². The normalized spacial score (nSPS) is 25.7. The molecule has 0 spiro atoms. The Morgan fingerprint density at radius 3 is 2.87 bits per heavy atom. The highest BCUT2D eigenvalue weighted by Crippen LogP contribution is 2.31. The number of hydrogen-bond donors (Lipinski definition) is 0. The summed E-state index contributed by atoms with van der Waals surface area (Å²) in [6.07, 6.45) is 7.48. The fourth-order valence-electron chi connectivity index (χ4n) is 3.92. The van der Waals surface area contributed by atoms with E-state index in [2.05, 4.69) is 24.9 Å². The molecule has 4 heterocycles. The number of methoxy groups -OCH3 is 1. The zero-order valence-electron chi connectivity index (χ0n) is 13.9. The molecule has 2 aromatic rings. The molecule has 4 rings (SSSR count). The summed E-state index contributed by atoms with van der Waals surface area (Å²) in [5, 5.41) is 5.37. The van der Waals surface area contributed by atoms with Crippen LogP contribution in [0.3, 0.4) is 0 Å². The third-order valence-corrected chi connectivity index (χ3v) is 5.16. The van der Waals surface area contributed by atoms with Crippen molar-refractivity contribution in [1.82, 2.24) is 24.6 Å². The Morgan fingerprint density at radius 2 is 2.09 bits per heavy atom. The van der Waals surface area contributed by atoms with Crippen molar-refractivity contribution in [2.24, 2.45) is 7.05 Å². The second-order valence-electron chi connectivity index (χ2n) is 6.61. The van der Waals surface area contributed by atoms with Crippen LogP contribution in [-0.2, 0) is 11.8 Å². The second-order valence-corrected chi connectivity index (χ2v) is 6.61. The van der Waals surface area contributed by atoms with Crippen LogP contribution in [0.5, 0.6) is 0 Å². The van der Waals surface area contributed by atoms with Gasteiger partial charge in [-0.1, -0.05) is 0 Å². The number of fused-ring (bicyclic) bond motifs is 1. The number of anilines is 1. The smallest absolute Gasteiger partial charge is 0.163 e. The second kappa shape index (κ2) is 6.05. The van der Waals surface area contributed by atoms with Crippen LogP contribution in [-0.4, -0.2) is 70.1 Å². The van der Waals surface area contributed by atoms with Gasteiger partial charge in [-0.05, 0) is 32.4 Å². The van der Waals surface area contributed by atoms with Crippen LogP contribution in [0.15, 0.2) is 12.5 Å². The third-order valence-electron chi connectivity index (χ3n) is 5.16. The maximum atomic E-state index is 5.65. The number of aryl methyl sites for hydroxylation is 1. The minimum atomic E-state index is 0.268. The van der Waals surface area contributed by atoms with Gasteiger partial charge < -0.3 is 14.5 Å². The zero-order valence-corrected chi connectivity index (χ0v) is 13.9. The number of ether oxygens (including phenoxy) is 1. The molecule has 2 saturated heterocycles. The lowest BCUT2D eigenvalue weighted by Gasteiger charge is -2.29. The van der Waals surface area contributed by atoms with Crippen molar-refractivity contribution >= 4 is 16.9 Å². The van der Waals surface area contributed by atoms with Gasteiger partial charge in [-0.25, -0.2) is 9.97 Å². The van der Waals surface area contributed by atoms with E-state index in [0.29, 0.717) is 6.04 Å². The molecule has 2 aliphatic rings. The van der Waals surface area contributed by atoms with E-state index in [0.717, 1.165) is 36.4 Å². The molecule has 23 heavy (non-hydrogen) atoms. The van der Waals surface area contributed by atoms with Crippen molar-refractivity contribution in [3.05, 3.63) is 12.5 Å². The summed E-state index contributed by atoms with van der Waals surface area (Å²) < 4.78 is 7.46. The minimum Gasteiger partial charge on any atom is -0.380 e. The molecule has 2 fully saturated rings. The van der Waals surface area contributed by atoms with Gasteiger partial charge in [0.15, 0.2) is 5.65 Å². The van der Waals surface area contributed by atoms with E-state index in [1.165, 1.54) is 25.9 Å². The van der Waals surface area contributed by atoms with Crippen LogP contribution in [0.25, 0.3) is 11.0 Å². The van der Waals surface area contributed by atoms with E-state index in [4.69, 9.17) is 4.74 Å². The quantitative estimate of drug-likeness (QED) is 0.840. The molecule has 0 aromatic carbocycles. The summed E-state index contributed by atoms with van der Waals surface area (Å²) in [6, 6.07) is 0.441. The van der Waals surface area contributed by atoms with Crippen LogP contribution in [0, 0.1) is 0 Å². The van der Waals surface area contributed by atoms with E-state index < -0.39 is 0 Å². The first kappa shape index (κ1) is 14.8. The molecule has 2 atom stereocenters. The fraction of sp³-hybridized carbons (Fsp3) is 0.688. The Balaban J connectivity index is 1.65. The lowest BCUT2D eigenvalue weighted by Crippen LogP contribution is -2.39. The van der Waals surface area contributed by atoms with Crippen molar-refractivity contribution in [2.45, 2.75) is 31.4 Å². The van der Waals surface area contributed by atoms with Gasteiger partial charge in [-0.15, -0.1) is 0 Å². The van der Waals surface area contributed by atoms with Gasteiger partial charge in [-0.3, -0.25) is 4.68 Å². The van der Waals surface area contributed by atoms with Crippen molar-refractivity contribution in [1.29, 1.82) is 0 Å². The molecule has 0 aliphatic carbocycles. The average molecular weight is 316 g/mol. The SMILES string of the molecule is CO[C@H]1C[C@@H](CN2CCCC2)N(c2ncnc3c2cnn3C)C1. The molecule has 7 heteroatoms. The Bertz CT molecular complexity index is 680. The first-order valence-electron chi connectivity index (χ1n) is 8.40. The highest BCUT2D eigenvalue weighted by molar-refractivity contribution is 5.86. The fourth-order valence-corrected chi connectivity index (χ4v) is 3.92. The highest BCUT2D eigenvalue weighted by atomic mass is 16.5. The van der Waals surface area contributed by atoms with Crippen LogP contribution >= 0.6 is 0 Å². The standard InChI is InChI=1S/C16H24N6O/c1-20-15-14(8-19-20)16(18-11-17-15)22-10-13(23-2)7-12(22)9-21-5-3-4-6-21/h8,11-13H,3-7,9-10H2,1-2H3/t12-,13-/m0/s1. The average Bonchev–Trinajstić information content (AvgIpc) is 3.29. The van der Waals surface area contributed by atoms with Crippen LogP contribution < -0.4 is 4.90 Å². The predicted octanol–water partition coefficient (Wildman–Crippen LogP) is 1.05. The first-order chi connectivity index (χ1) is 11.3. The van der Waals surface area contributed by atoms with Crippen LogP contribution in [0.1, 0.15) is 19.3 Å². The van der Waals surface area contributed by atoms with Crippen molar-refractivity contribution in [3.63, 3.8) is 0 Å². The Morgan fingerprint density at radius 1 is 1.26 bits per heavy atom. The Hall–Kier alpha value is -1.73. The van der Waals surface area contributed by atoms with E-state index in [1.807, 2.05) is 13.2 Å². The molecule has 0 radical (unpaired) electrons. The van der Waals surface area contributed by atoms with Crippen molar-refractivity contribution in [2.75, 3.05) is 38.2 Å². The zero-order chi connectivity index (χ0) is 15.8. The van der Waals surface area contributed by atoms with Gasteiger partial charge in [0, 0.05) is 33.3 Å². The van der Waals surface area contributed by atoms with E-state index in [9.17, 15) is 0 Å². The van der Waals surface area contributed by atoms with E-state index in [-0.39, 0.29) is 6.10 Å². The number of hydrogen-bond acceptors (Lipinski definition) is 6. The lowest BCUT2D eigenvalue weighted by molar-refractivity contribution is 0.116. The lowest BCUT2D eigenvalue weighted by atomic mass is 10.2. The Kier molecular flexibility index (Phi) is 3.90. The number of likely N-dealkylation sites (tertiary alicyclic amines) is 1. The number of aromatic nitrogens is 4. The molecule has 7 nitrogen and oxygen atoms in total. The molecule has 0 bridgehead atoms. The molecular weight excluding hydrogens is 292 g/mol. The summed E-state index contributed by atoms with van der Waals surface area (Å²) in [5.41, 5.74) is 0.885. The highest BCUT2D eigenvalue weighted by Gasteiger charge is 2.35. The summed E-state index contributed by atoms with van der Waals surface area (Å²) in [7, 11) is 3.73. The maximum absolute atomic E-state index is 5.65. The van der Waals surface area contributed by atoms with Gasteiger partial charge in [0.25, 0.3) is 0 Å². The Labute approximate surface area is 136 Å². The monoisotopic (exact) mass is 316 g/mol. The molecular formula is C16H24N6O. The minimum absolute atomic E-state index is 0.268. The summed E-state index contributed by atoms with van der Waals surface area (Å²) >= 11 is 0. The van der Waals surface area contributed by atoms with Gasteiger partial charge in [0.1, 0.15) is 12.1 Å². The number of rotatable bonds is 4. The largest absolute Gasteiger partial charge is 0.380 e. The third kappa shape index (κ3) is 2.68. The van der Waals surface area contributed by atoms with Gasteiger partial charge in [-0.2, -0.15) is 5.10 Å². The molecule has 2 aromatic heterocycles. The number of nitrogens with zero attached hydrogens (tertiary/aromatic N) is 6. The molecule has 0 saturated carbocycles. The molecule has 2 aliphatic heterocycles. The first-order valence-corrected chi connectivity index (χ1v) is 8.40. The van der Waals surface area contributed by atoms with Gasteiger partial charge in [0.05, 0.1) is 17.7 Å². The summed E-state index contributed by atoms with van der Waals surface area (Å²) in [5.74, 6) is 0.992. The van der Waals surface area contributed by atoms with Crippen molar-refractivity contribution < 1.29 is 4.74 Å². The van der Waals surface area contributed by atoms with Crippen molar-refractivity contribution in [3.8, 4) is 0 Å². The van der Waals surface area contributed by atoms with Gasteiger partial charge in [0.2, 0.25) is 0 Å². The topological polar surface area (TPSA) is 59.3 Å². The van der Waals surface area contributed by atoms with Crippen LogP contribution in [0.4, 0.5) is 5.82 Å². The molecule has 0 amide bonds. The van der Waals surface area contributed by atoms with E-state index >= 15 is 0 Å². The maximum Gasteiger partial charge on any atom is 0.163 e. The summed E-state index contributed by atoms with van der Waals surface area (Å²) in [4.78, 5) is 13.9. The molecule has 124 valence electrons. The molecule has 0 unspecified atom stereocenters. The van der Waals surface area contributed by atoms with Gasteiger partial charge >= 0.3 is 0 Å². The predicted molar refractivity (Wildman–Crippen MR) is 88.5 cm³/mol. The summed E-state index contributed by atoms with van der Waals surface area (Å²) in [6.45, 7) is 4.41. The molecule has 0 N–H and O–H groups in total. The van der Waals surface area contributed by atoms with E-state index in [1.54, 1.807) is 18.1 Å².